The van der Waals surface area contributed by atoms with Crippen molar-refractivity contribution >= 4 is 12.1 Å². The highest BCUT2D eigenvalue weighted by atomic mass is 16.5. The highest BCUT2D eigenvalue weighted by molar-refractivity contribution is 5.79. The van der Waals surface area contributed by atoms with Crippen LogP contribution in [0.2, 0.25) is 0 Å². The summed E-state index contributed by atoms with van der Waals surface area (Å²) in [5.74, 6) is -0.947. The minimum atomic E-state index is -0.986. The maximum Gasteiger partial charge on any atom is 0.407 e. The largest absolute Gasteiger partial charge is 0.481 e. The normalized spacial score (nSPS) is 14.0. The Balaban J connectivity index is 1.66. The first-order valence-electron chi connectivity index (χ1n) is 9.67. The molecule has 2 aromatic carbocycles. The number of aliphatic carboxylic acids is 1. The second-order valence-electron chi connectivity index (χ2n) is 8.02. The summed E-state index contributed by atoms with van der Waals surface area (Å²) in [7, 11) is 1.51. The monoisotopic (exact) mass is 397 g/mol. The number of carbonyl (C=O) groups excluding carboxylic acids is 1. The van der Waals surface area contributed by atoms with Crippen LogP contribution in [0.25, 0.3) is 11.1 Å². The number of benzene rings is 2. The van der Waals surface area contributed by atoms with E-state index in [4.69, 9.17) is 9.47 Å². The van der Waals surface area contributed by atoms with Gasteiger partial charge in [0.2, 0.25) is 0 Å². The van der Waals surface area contributed by atoms with Crippen molar-refractivity contribution in [1.29, 1.82) is 0 Å². The van der Waals surface area contributed by atoms with E-state index in [0.29, 0.717) is 0 Å². The molecule has 0 saturated carbocycles. The van der Waals surface area contributed by atoms with Gasteiger partial charge in [0.1, 0.15) is 6.61 Å². The number of rotatable bonds is 8. The number of carbonyl (C=O) groups is 2. The van der Waals surface area contributed by atoms with Crippen LogP contribution in [-0.4, -0.2) is 43.5 Å². The van der Waals surface area contributed by atoms with Gasteiger partial charge in [-0.05, 0) is 42.5 Å². The number of fused-ring (bicyclic) bond motifs is 3. The summed E-state index contributed by atoms with van der Waals surface area (Å²) in [5, 5.41) is 12.1. The third-order valence-corrected chi connectivity index (χ3v) is 5.37. The smallest absolute Gasteiger partial charge is 0.407 e. The molecule has 6 nitrogen and oxygen atoms in total. The van der Waals surface area contributed by atoms with Gasteiger partial charge in [0.15, 0.2) is 0 Å². The van der Waals surface area contributed by atoms with E-state index >= 15 is 0 Å². The molecule has 0 spiro atoms. The molecule has 0 fully saturated rings. The van der Waals surface area contributed by atoms with E-state index in [1.807, 2.05) is 24.3 Å². The first-order valence-corrected chi connectivity index (χ1v) is 9.67. The quantitative estimate of drug-likeness (QED) is 0.702. The second-order valence-corrected chi connectivity index (χ2v) is 8.02. The molecule has 1 amide bonds. The number of carboxylic acids is 1. The number of amides is 1. The molecule has 29 heavy (non-hydrogen) atoms. The lowest BCUT2D eigenvalue weighted by molar-refractivity contribution is -0.147. The lowest BCUT2D eigenvalue weighted by Gasteiger charge is -2.26. The van der Waals surface area contributed by atoms with Crippen LogP contribution in [0.1, 0.15) is 37.3 Å². The van der Waals surface area contributed by atoms with Crippen molar-refractivity contribution in [2.24, 2.45) is 5.41 Å². The number of ether oxygens (including phenoxy) is 2. The Morgan fingerprint density at radius 1 is 1.07 bits per heavy atom. The summed E-state index contributed by atoms with van der Waals surface area (Å²) in [4.78, 5) is 23.8. The zero-order valence-electron chi connectivity index (χ0n) is 17.0. The van der Waals surface area contributed by atoms with E-state index in [9.17, 15) is 14.7 Å². The maximum atomic E-state index is 12.4. The highest BCUT2D eigenvalue weighted by Gasteiger charge is 2.32. The van der Waals surface area contributed by atoms with Crippen molar-refractivity contribution in [3.63, 3.8) is 0 Å². The summed E-state index contributed by atoms with van der Waals surface area (Å²) in [6.07, 6.45) is -0.338. The van der Waals surface area contributed by atoms with Crippen molar-refractivity contribution in [1.82, 2.24) is 5.32 Å². The molecular weight excluding hydrogens is 370 g/mol. The molecule has 1 aliphatic rings. The first-order chi connectivity index (χ1) is 13.8. The number of hydrogen-bond acceptors (Lipinski definition) is 4. The highest BCUT2D eigenvalue weighted by Crippen LogP contribution is 2.44. The van der Waals surface area contributed by atoms with Crippen LogP contribution >= 0.6 is 0 Å². The van der Waals surface area contributed by atoms with E-state index in [0.717, 1.165) is 22.3 Å². The fraction of sp³-hybridized carbons (Fsp3) is 0.391. The number of hydrogen-bond donors (Lipinski definition) is 2. The number of alkyl carbamates (subject to hydrolysis) is 1. The van der Waals surface area contributed by atoms with E-state index < -0.39 is 23.5 Å². The van der Waals surface area contributed by atoms with Gasteiger partial charge in [0.25, 0.3) is 0 Å². The van der Waals surface area contributed by atoms with Crippen LogP contribution in [0.3, 0.4) is 0 Å². The Labute approximate surface area is 170 Å². The molecule has 0 aromatic heterocycles. The molecule has 0 aliphatic heterocycles. The third kappa shape index (κ3) is 4.59. The van der Waals surface area contributed by atoms with Gasteiger partial charge in [-0.25, -0.2) is 4.79 Å². The van der Waals surface area contributed by atoms with Gasteiger partial charge in [-0.15, -0.1) is 0 Å². The molecule has 2 N–H and O–H groups in total. The average molecular weight is 397 g/mol. The Kier molecular flexibility index (Phi) is 6.23. The average Bonchev–Trinajstić information content (AvgIpc) is 3.00. The standard InChI is InChI=1S/C23H27NO5/c1-23(2,21(25)26)12-15(13-28-3)24-22(27)29-14-20-18-10-6-4-8-16(18)17-9-5-7-11-19(17)20/h4-11,15,20H,12-14H2,1-3H3,(H,24,27)(H,25,26). The number of methoxy groups -OCH3 is 1. The SMILES string of the molecule is COCC(CC(C)(C)C(=O)O)NC(=O)OCC1c2ccccc2-c2ccccc21. The maximum absolute atomic E-state index is 12.4. The Hall–Kier alpha value is -2.86. The molecule has 1 atom stereocenters. The first kappa shape index (κ1) is 20.9. The summed E-state index contributed by atoms with van der Waals surface area (Å²) < 4.78 is 10.7. The van der Waals surface area contributed by atoms with E-state index in [-0.39, 0.29) is 25.6 Å². The van der Waals surface area contributed by atoms with Crippen molar-refractivity contribution in [2.45, 2.75) is 32.2 Å². The van der Waals surface area contributed by atoms with Gasteiger partial charge in [-0.3, -0.25) is 4.79 Å². The number of nitrogens with one attached hydrogen (secondary N) is 1. The summed E-state index contributed by atoms with van der Waals surface area (Å²) in [6, 6.07) is 15.8. The molecule has 6 heteroatoms. The van der Waals surface area contributed by atoms with Gasteiger partial charge < -0.3 is 19.9 Å². The van der Waals surface area contributed by atoms with Crippen LogP contribution in [0.15, 0.2) is 48.5 Å². The fourth-order valence-electron chi connectivity index (χ4n) is 3.86. The lowest BCUT2D eigenvalue weighted by atomic mass is 9.86. The van der Waals surface area contributed by atoms with Crippen LogP contribution in [0.4, 0.5) is 4.79 Å². The molecule has 3 rings (SSSR count). The lowest BCUT2D eigenvalue weighted by Crippen LogP contribution is -2.43. The van der Waals surface area contributed by atoms with Gasteiger partial charge in [-0.1, -0.05) is 48.5 Å². The predicted octanol–water partition coefficient (Wildman–Crippen LogP) is 4.04. The van der Waals surface area contributed by atoms with Crippen molar-refractivity contribution < 1.29 is 24.2 Å². The van der Waals surface area contributed by atoms with Crippen molar-refractivity contribution in [3.8, 4) is 11.1 Å². The molecule has 1 aliphatic carbocycles. The molecule has 1 unspecified atom stereocenters. The van der Waals surface area contributed by atoms with Crippen LogP contribution in [-0.2, 0) is 14.3 Å². The predicted molar refractivity (Wildman–Crippen MR) is 110 cm³/mol. The van der Waals surface area contributed by atoms with Gasteiger partial charge in [0.05, 0.1) is 18.1 Å². The minimum Gasteiger partial charge on any atom is -0.481 e. The van der Waals surface area contributed by atoms with Gasteiger partial charge >= 0.3 is 12.1 Å². The fourth-order valence-corrected chi connectivity index (χ4v) is 3.86. The summed E-state index contributed by atoms with van der Waals surface area (Å²) in [5.41, 5.74) is 3.62. The Morgan fingerprint density at radius 3 is 2.14 bits per heavy atom. The molecule has 0 saturated heterocycles. The van der Waals surface area contributed by atoms with E-state index in [2.05, 4.69) is 29.6 Å². The van der Waals surface area contributed by atoms with Crippen molar-refractivity contribution in [3.05, 3.63) is 59.7 Å². The molecular formula is C23H27NO5. The molecule has 0 heterocycles. The molecule has 154 valence electrons. The molecule has 0 radical (unpaired) electrons. The van der Waals surface area contributed by atoms with E-state index in [1.165, 1.54) is 7.11 Å². The number of carboxylic acid groups (broad SMARTS) is 1. The second kappa shape index (κ2) is 8.66. The van der Waals surface area contributed by atoms with Crippen LogP contribution < -0.4 is 5.32 Å². The van der Waals surface area contributed by atoms with Crippen LogP contribution in [0, 0.1) is 5.41 Å². The minimum absolute atomic E-state index is 0.0236. The Morgan fingerprint density at radius 2 is 1.62 bits per heavy atom. The zero-order valence-corrected chi connectivity index (χ0v) is 17.0. The summed E-state index contributed by atoms with van der Waals surface area (Å²) >= 11 is 0. The third-order valence-electron chi connectivity index (χ3n) is 5.37. The topological polar surface area (TPSA) is 84.9 Å². The molecule has 0 bridgehead atoms. The van der Waals surface area contributed by atoms with Gasteiger partial charge in [0, 0.05) is 13.0 Å². The summed E-state index contributed by atoms with van der Waals surface area (Å²) in [6.45, 7) is 3.66. The van der Waals surface area contributed by atoms with Gasteiger partial charge in [-0.2, -0.15) is 0 Å². The Bertz CT molecular complexity index is 847. The van der Waals surface area contributed by atoms with E-state index in [1.54, 1.807) is 13.8 Å². The zero-order chi connectivity index (χ0) is 21.0. The van der Waals surface area contributed by atoms with Crippen molar-refractivity contribution in [2.75, 3.05) is 20.3 Å². The van der Waals surface area contributed by atoms with Crippen LogP contribution in [0.5, 0.6) is 0 Å². The molecule has 2 aromatic rings.